The number of halogens is 1. The van der Waals surface area contributed by atoms with Crippen molar-refractivity contribution < 1.29 is 4.42 Å². The van der Waals surface area contributed by atoms with Crippen LogP contribution in [0.4, 0.5) is 0 Å². The van der Waals surface area contributed by atoms with Gasteiger partial charge in [-0.25, -0.2) is 0 Å². The van der Waals surface area contributed by atoms with Crippen LogP contribution in [0.1, 0.15) is 25.7 Å². The highest BCUT2D eigenvalue weighted by Gasteiger charge is 2.44. The van der Waals surface area contributed by atoms with E-state index in [9.17, 15) is 0 Å². The Labute approximate surface area is 63.4 Å². The van der Waals surface area contributed by atoms with Crippen molar-refractivity contribution in [2.45, 2.75) is 25.2 Å². The van der Waals surface area contributed by atoms with E-state index in [0.29, 0.717) is 5.89 Å². The van der Waals surface area contributed by atoms with Crippen molar-refractivity contribution in [1.29, 1.82) is 0 Å². The standard InChI is InChI=1S/C6H7ClN2O/c1-6(2-3-6)4-8-9-5(7)10-4/h2-3H2,1H3. The summed E-state index contributed by atoms with van der Waals surface area (Å²) in [5, 5.41) is 7.51. The highest BCUT2D eigenvalue weighted by atomic mass is 35.5. The molecule has 10 heavy (non-hydrogen) atoms. The van der Waals surface area contributed by atoms with E-state index in [-0.39, 0.29) is 10.8 Å². The summed E-state index contributed by atoms with van der Waals surface area (Å²) in [6.07, 6.45) is 2.26. The van der Waals surface area contributed by atoms with Gasteiger partial charge in [-0.05, 0) is 24.4 Å². The van der Waals surface area contributed by atoms with Crippen LogP contribution in [0.2, 0.25) is 5.35 Å². The molecule has 1 fully saturated rings. The van der Waals surface area contributed by atoms with Crippen molar-refractivity contribution in [2.75, 3.05) is 0 Å². The SMILES string of the molecule is CC1(c2nnc(Cl)o2)CC1. The van der Waals surface area contributed by atoms with Gasteiger partial charge in [0.05, 0.1) is 0 Å². The fraction of sp³-hybridized carbons (Fsp3) is 0.667. The van der Waals surface area contributed by atoms with Gasteiger partial charge in [0, 0.05) is 5.41 Å². The summed E-state index contributed by atoms with van der Waals surface area (Å²) in [4.78, 5) is 0. The first-order valence-electron chi connectivity index (χ1n) is 3.20. The predicted molar refractivity (Wildman–Crippen MR) is 35.9 cm³/mol. The molecule has 0 saturated heterocycles. The summed E-state index contributed by atoms with van der Waals surface area (Å²) in [5.74, 6) is 0.678. The number of aromatic nitrogens is 2. The third kappa shape index (κ3) is 0.814. The zero-order valence-corrected chi connectivity index (χ0v) is 6.35. The van der Waals surface area contributed by atoms with E-state index >= 15 is 0 Å². The molecule has 0 bridgehead atoms. The Kier molecular flexibility index (Phi) is 1.06. The molecule has 0 unspecified atom stereocenters. The molecule has 0 aromatic carbocycles. The Morgan fingerprint density at radius 3 is 2.60 bits per heavy atom. The molecule has 1 aromatic heterocycles. The van der Waals surface area contributed by atoms with Gasteiger partial charge >= 0.3 is 5.35 Å². The summed E-state index contributed by atoms with van der Waals surface area (Å²) in [5.41, 5.74) is 0.139. The van der Waals surface area contributed by atoms with Crippen molar-refractivity contribution in [3.63, 3.8) is 0 Å². The second-order valence-electron chi connectivity index (χ2n) is 2.92. The summed E-state index contributed by atoms with van der Waals surface area (Å²) in [6, 6.07) is 0. The van der Waals surface area contributed by atoms with Crippen molar-refractivity contribution in [2.24, 2.45) is 0 Å². The number of rotatable bonds is 1. The molecule has 0 radical (unpaired) electrons. The largest absolute Gasteiger partial charge is 0.412 e. The molecule has 4 heteroatoms. The lowest BCUT2D eigenvalue weighted by Crippen LogP contribution is -1.99. The van der Waals surface area contributed by atoms with Crippen molar-refractivity contribution >= 4 is 11.6 Å². The molecular weight excluding hydrogens is 152 g/mol. The van der Waals surface area contributed by atoms with Crippen LogP contribution < -0.4 is 0 Å². The molecule has 2 rings (SSSR count). The third-order valence-corrected chi connectivity index (χ3v) is 2.07. The van der Waals surface area contributed by atoms with Crippen LogP contribution in [0.5, 0.6) is 0 Å². The Balaban J connectivity index is 2.34. The highest BCUT2D eigenvalue weighted by Crippen LogP contribution is 2.46. The van der Waals surface area contributed by atoms with Crippen LogP contribution in [-0.4, -0.2) is 10.2 Å². The minimum absolute atomic E-state index is 0.139. The summed E-state index contributed by atoms with van der Waals surface area (Å²) >= 11 is 5.45. The van der Waals surface area contributed by atoms with Gasteiger partial charge in [0.25, 0.3) is 0 Å². The van der Waals surface area contributed by atoms with Crippen molar-refractivity contribution in [3.05, 3.63) is 11.2 Å². The topological polar surface area (TPSA) is 38.9 Å². The van der Waals surface area contributed by atoms with Crippen LogP contribution in [0.3, 0.4) is 0 Å². The van der Waals surface area contributed by atoms with E-state index < -0.39 is 0 Å². The first-order chi connectivity index (χ1) is 4.71. The quantitative estimate of drug-likeness (QED) is 0.626. The Morgan fingerprint density at radius 2 is 2.20 bits per heavy atom. The zero-order chi connectivity index (χ0) is 7.19. The lowest BCUT2D eigenvalue weighted by molar-refractivity contribution is 0.451. The molecule has 0 spiro atoms. The molecule has 0 N–H and O–H groups in total. The molecule has 0 atom stereocenters. The van der Waals surface area contributed by atoms with Crippen LogP contribution in [0.25, 0.3) is 0 Å². The fourth-order valence-electron chi connectivity index (χ4n) is 0.851. The van der Waals surface area contributed by atoms with Gasteiger partial charge < -0.3 is 4.42 Å². The van der Waals surface area contributed by atoms with Gasteiger partial charge in [-0.15, -0.1) is 5.10 Å². The predicted octanol–water partition coefficient (Wildman–Crippen LogP) is 1.77. The van der Waals surface area contributed by atoms with Gasteiger partial charge in [0.1, 0.15) is 0 Å². The maximum absolute atomic E-state index is 5.45. The number of hydrogen-bond acceptors (Lipinski definition) is 3. The number of nitrogens with zero attached hydrogens (tertiary/aromatic N) is 2. The maximum atomic E-state index is 5.45. The van der Waals surface area contributed by atoms with Crippen LogP contribution in [-0.2, 0) is 5.41 Å². The minimum Gasteiger partial charge on any atom is -0.412 e. The Hall–Kier alpha value is -0.570. The molecule has 1 aliphatic carbocycles. The van der Waals surface area contributed by atoms with Crippen molar-refractivity contribution in [3.8, 4) is 0 Å². The lowest BCUT2D eigenvalue weighted by atomic mass is 10.1. The van der Waals surface area contributed by atoms with E-state index in [1.54, 1.807) is 0 Å². The minimum atomic E-state index is 0.139. The van der Waals surface area contributed by atoms with E-state index in [1.807, 2.05) is 0 Å². The first-order valence-corrected chi connectivity index (χ1v) is 3.58. The molecule has 1 saturated carbocycles. The normalized spacial score (nSPS) is 21.0. The smallest absolute Gasteiger partial charge is 0.312 e. The highest BCUT2D eigenvalue weighted by molar-refractivity contribution is 6.27. The first kappa shape index (κ1) is 6.16. The average Bonchev–Trinajstić information content (AvgIpc) is 2.45. The molecule has 3 nitrogen and oxygen atoms in total. The van der Waals surface area contributed by atoms with E-state index in [1.165, 1.54) is 0 Å². The average molecular weight is 159 g/mol. The summed E-state index contributed by atoms with van der Waals surface area (Å²) in [7, 11) is 0. The monoisotopic (exact) mass is 158 g/mol. The Bertz CT molecular complexity index is 254. The zero-order valence-electron chi connectivity index (χ0n) is 5.59. The molecule has 0 aliphatic heterocycles. The van der Waals surface area contributed by atoms with Gasteiger partial charge in [0.2, 0.25) is 5.89 Å². The molecule has 1 aliphatic rings. The number of hydrogen-bond donors (Lipinski definition) is 0. The van der Waals surface area contributed by atoms with E-state index in [0.717, 1.165) is 12.8 Å². The molecule has 54 valence electrons. The van der Waals surface area contributed by atoms with Gasteiger partial charge in [0.15, 0.2) is 0 Å². The van der Waals surface area contributed by atoms with E-state index in [4.69, 9.17) is 16.0 Å². The fourth-order valence-corrected chi connectivity index (χ4v) is 0.961. The molecular formula is C6H7ClN2O. The Morgan fingerprint density at radius 1 is 1.50 bits per heavy atom. The second-order valence-corrected chi connectivity index (χ2v) is 3.24. The van der Waals surface area contributed by atoms with Gasteiger partial charge in [-0.2, -0.15) is 0 Å². The van der Waals surface area contributed by atoms with Gasteiger partial charge in [-0.1, -0.05) is 12.0 Å². The lowest BCUT2D eigenvalue weighted by Gasteiger charge is -1.96. The van der Waals surface area contributed by atoms with Crippen LogP contribution in [0, 0.1) is 0 Å². The summed E-state index contributed by atoms with van der Waals surface area (Å²) < 4.78 is 5.05. The molecule has 0 amide bonds. The second kappa shape index (κ2) is 1.72. The summed E-state index contributed by atoms with van der Waals surface area (Å²) in [6.45, 7) is 2.09. The molecule has 1 heterocycles. The molecule has 1 aromatic rings. The third-order valence-electron chi connectivity index (χ3n) is 1.92. The van der Waals surface area contributed by atoms with Gasteiger partial charge in [-0.3, -0.25) is 0 Å². The van der Waals surface area contributed by atoms with Crippen LogP contribution >= 0.6 is 11.6 Å². The maximum Gasteiger partial charge on any atom is 0.312 e. The van der Waals surface area contributed by atoms with E-state index in [2.05, 4.69) is 17.1 Å². The van der Waals surface area contributed by atoms with Crippen LogP contribution in [0.15, 0.2) is 4.42 Å². The van der Waals surface area contributed by atoms with Crippen molar-refractivity contribution in [1.82, 2.24) is 10.2 Å².